The van der Waals surface area contributed by atoms with Crippen molar-refractivity contribution >= 4 is 34.8 Å². The first-order valence-electron chi connectivity index (χ1n) is 5.81. The molecule has 0 radical (unpaired) electrons. The second-order valence-corrected chi connectivity index (χ2v) is 5.18. The van der Waals surface area contributed by atoms with Gasteiger partial charge in [-0.3, -0.25) is 4.79 Å². The van der Waals surface area contributed by atoms with Crippen LogP contribution in [0.3, 0.4) is 0 Å². The Kier molecular flexibility index (Phi) is 4.13. The normalized spacial score (nSPS) is 10.3. The molecule has 1 amide bonds. The van der Waals surface area contributed by atoms with Crippen molar-refractivity contribution in [3.05, 3.63) is 63.1 Å². The zero-order valence-electron chi connectivity index (χ0n) is 10.6. The van der Waals surface area contributed by atoms with E-state index in [9.17, 15) is 4.79 Å². The Morgan fingerprint density at radius 1 is 1.05 bits per heavy atom. The number of benzene rings is 2. The highest BCUT2D eigenvalue weighted by molar-refractivity contribution is 6.40. The van der Waals surface area contributed by atoms with Gasteiger partial charge in [-0.25, -0.2) is 0 Å². The fourth-order valence-electron chi connectivity index (χ4n) is 1.78. The number of aryl methyl sites for hydroxylation is 2. The first kappa shape index (κ1) is 13.9. The largest absolute Gasteiger partial charge is 0.319 e. The van der Waals surface area contributed by atoms with E-state index in [0.29, 0.717) is 21.3 Å². The average Bonchev–Trinajstić information content (AvgIpc) is 2.37. The predicted octanol–water partition coefficient (Wildman–Crippen LogP) is 4.86. The summed E-state index contributed by atoms with van der Waals surface area (Å²) >= 11 is 12.1. The van der Waals surface area contributed by atoms with Crippen molar-refractivity contribution in [2.75, 3.05) is 5.32 Å². The van der Waals surface area contributed by atoms with Crippen LogP contribution in [-0.4, -0.2) is 5.91 Å². The van der Waals surface area contributed by atoms with Crippen LogP contribution in [0.25, 0.3) is 0 Å². The van der Waals surface area contributed by atoms with Gasteiger partial charge < -0.3 is 5.32 Å². The third-order valence-electron chi connectivity index (χ3n) is 2.84. The van der Waals surface area contributed by atoms with E-state index in [0.717, 1.165) is 11.1 Å². The zero-order valence-corrected chi connectivity index (χ0v) is 12.1. The minimum Gasteiger partial charge on any atom is -0.319 e. The van der Waals surface area contributed by atoms with Gasteiger partial charge in [-0.05, 0) is 37.6 Å². The molecule has 0 aromatic heterocycles. The summed E-state index contributed by atoms with van der Waals surface area (Å²) in [6.07, 6.45) is 0. The molecule has 19 heavy (non-hydrogen) atoms. The van der Waals surface area contributed by atoms with Gasteiger partial charge in [0.2, 0.25) is 0 Å². The van der Waals surface area contributed by atoms with E-state index >= 15 is 0 Å². The van der Waals surface area contributed by atoms with Crippen LogP contribution in [-0.2, 0) is 0 Å². The Labute approximate surface area is 122 Å². The monoisotopic (exact) mass is 293 g/mol. The summed E-state index contributed by atoms with van der Waals surface area (Å²) in [6, 6.07) is 10.8. The van der Waals surface area contributed by atoms with Gasteiger partial charge in [0.05, 0.1) is 15.7 Å². The van der Waals surface area contributed by atoms with Crippen LogP contribution in [0.2, 0.25) is 10.0 Å². The van der Waals surface area contributed by atoms with Crippen molar-refractivity contribution in [1.82, 2.24) is 0 Å². The fourth-order valence-corrected chi connectivity index (χ4v) is 2.27. The van der Waals surface area contributed by atoms with Gasteiger partial charge in [-0.1, -0.05) is 47.0 Å². The molecule has 0 aliphatic carbocycles. The van der Waals surface area contributed by atoms with E-state index in [2.05, 4.69) is 5.32 Å². The molecule has 0 atom stereocenters. The number of hydrogen-bond donors (Lipinski definition) is 1. The van der Waals surface area contributed by atoms with E-state index < -0.39 is 0 Å². The van der Waals surface area contributed by atoms with E-state index in [1.165, 1.54) is 0 Å². The average molecular weight is 294 g/mol. The molecule has 0 spiro atoms. The number of amides is 1. The quantitative estimate of drug-likeness (QED) is 0.841. The number of hydrogen-bond acceptors (Lipinski definition) is 1. The molecule has 2 aromatic carbocycles. The molecule has 4 heteroatoms. The molecule has 2 aromatic rings. The zero-order chi connectivity index (χ0) is 14.0. The first-order chi connectivity index (χ1) is 8.99. The maximum absolute atomic E-state index is 12.3. The van der Waals surface area contributed by atoms with E-state index in [-0.39, 0.29) is 5.91 Å². The number of rotatable bonds is 2. The van der Waals surface area contributed by atoms with Crippen LogP contribution in [0.15, 0.2) is 36.4 Å². The number of carbonyl (C=O) groups is 1. The third-order valence-corrected chi connectivity index (χ3v) is 3.47. The van der Waals surface area contributed by atoms with E-state index in [1.54, 1.807) is 18.2 Å². The molecule has 0 bridgehead atoms. The molecular formula is C15H13Cl2NO. The molecule has 0 fully saturated rings. The first-order valence-corrected chi connectivity index (χ1v) is 6.57. The lowest BCUT2D eigenvalue weighted by molar-refractivity contribution is 0.102. The van der Waals surface area contributed by atoms with Crippen molar-refractivity contribution in [3.8, 4) is 0 Å². The highest BCUT2D eigenvalue weighted by atomic mass is 35.5. The Morgan fingerprint density at radius 3 is 2.32 bits per heavy atom. The SMILES string of the molecule is Cc1ccc(C)c(C(=O)Nc2c(Cl)cccc2Cl)c1. The van der Waals surface area contributed by atoms with Crippen molar-refractivity contribution in [2.45, 2.75) is 13.8 Å². The highest BCUT2D eigenvalue weighted by Crippen LogP contribution is 2.30. The van der Waals surface area contributed by atoms with Gasteiger partial charge in [0, 0.05) is 5.56 Å². The number of carbonyl (C=O) groups excluding carboxylic acids is 1. The Hall–Kier alpha value is -1.51. The second kappa shape index (κ2) is 5.64. The summed E-state index contributed by atoms with van der Waals surface area (Å²) < 4.78 is 0. The van der Waals surface area contributed by atoms with Crippen molar-refractivity contribution < 1.29 is 4.79 Å². The molecule has 0 unspecified atom stereocenters. The predicted molar refractivity (Wildman–Crippen MR) is 80.3 cm³/mol. The van der Waals surface area contributed by atoms with Gasteiger partial charge in [-0.2, -0.15) is 0 Å². The molecule has 0 aliphatic heterocycles. The highest BCUT2D eigenvalue weighted by Gasteiger charge is 2.13. The summed E-state index contributed by atoms with van der Waals surface area (Å²) in [5.41, 5.74) is 3.00. The van der Waals surface area contributed by atoms with E-state index in [1.807, 2.05) is 32.0 Å². The van der Waals surface area contributed by atoms with Crippen molar-refractivity contribution in [2.24, 2.45) is 0 Å². The molecular weight excluding hydrogens is 281 g/mol. The standard InChI is InChI=1S/C15H13Cl2NO/c1-9-6-7-10(2)11(8-9)15(19)18-14-12(16)4-3-5-13(14)17/h3-8H,1-2H3,(H,18,19). The van der Waals surface area contributed by atoms with Crippen molar-refractivity contribution in [3.63, 3.8) is 0 Å². The lowest BCUT2D eigenvalue weighted by Crippen LogP contribution is -2.14. The maximum atomic E-state index is 12.3. The van der Waals surface area contributed by atoms with Crippen LogP contribution in [0.1, 0.15) is 21.5 Å². The lowest BCUT2D eigenvalue weighted by Gasteiger charge is -2.11. The van der Waals surface area contributed by atoms with Crippen LogP contribution < -0.4 is 5.32 Å². The van der Waals surface area contributed by atoms with Gasteiger partial charge in [0.25, 0.3) is 5.91 Å². The van der Waals surface area contributed by atoms with Crippen LogP contribution in [0.4, 0.5) is 5.69 Å². The molecule has 98 valence electrons. The van der Waals surface area contributed by atoms with Crippen LogP contribution in [0.5, 0.6) is 0 Å². The van der Waals surface area contributed by atoms with Crippen molar-refractivity contribution in [1.29, 1.82) is 0 Å². The Morgan fingerprint density at radius 2 is 1.68 bits per heavy atom. The number of nitrogens with one attached hydrogen (secondary N) is 1. The molecule has 0 aliphatic rings. The number of para-hydroxylation sites is 1. The number of halogens is 2. The molecule has 0 saturated heterocycles. The Balaban J connectivity index is 2.34. The summed E-state index contributed by atoms with van der Waals surface area (Å²) in [5, 5.41) is 3.60. The van der Waals surface area contributed by atoms with Gasteiger partial charge >= 0.3 is 0 Å². The minimum absolute atomic E-state index is 0.212. The Bertz CT molecular complexity index is 618. The molecule has 2 nitrogen and oxygen atoms in total. The summed E-state index contributed by atoms with van der Waals surface area (Å²) in [5.74, 6) is -0.212. The minimum atomic E-state index is -0.212. The molecule has 2 rings (SSSR count). The van der Waals surface area contributed by atoms with Crippen LogP contribution in [0, 0.1) is 13.8 Å². The summed E-state index contributed by atoms with van der Waals surface area (Å²) in [6.45, 7) is 3.83. The second-order valence-electron chi connectivity index (χ2n) is 4.37. The van der Waals surface area contributed by atoms with Gasteiger partial charge in [-0.15, -0.1) is 0 Å². The lowest BCUT2D eigenvalue weighted by atomic mass is 10.1. The smallest absolute Gasteiger partial charge is 0.256 e. The molecule has 0 heterocycles. The summed E-state index contributed by atoms with van der Waals surface area (Å²) in [7, 11) is 0. The van der Waals surface area contributed by atoms with E-state index in [4.69, 9.17) is 23.2 Å². The fraction of sp³-hybridized carbons (Fsp3) is 0.133. The summed E-state index contributed by atoms with van der Waals surface area (Å²) in [4.78, 5) is 12.3. The number of anilines is 1. The maximum Gasteiger partial charge on any atom is 0.256 e. The van der Waals surface area contributed by atoms with Gasteiger partial charge in [0.1, 0.15) is 0 Å². The topological polar surface area (TPSA) is 29.1 Å². The third kappa shape index (κ3) is 3.09. The molecule has 1 N–H and O–H groups in total. The molecule has 0 saturated carbocycles. The van der Waals surface area contributed by atoms with Crippen LogP contribution >= 0.6 is 23.2 Å². The van der Waals surface area contributed by atoms with Gasteiger partial charge in [0.15, 0.2) is 0 Å².